The summed E-state index contributed by atoms with van der Waals surface area (Å²) in [6, 6.07) is 6.21. The van der Waals surface area contributed by atoms with Crippen molar-refractivity contribution in [2.45, 2.75) is 13.1 Å². The Labute approximate surface area is 110 Å². The Kier molecular flexibility index (Phi) is 5.06. The maximum atomic E-state index is 12.8. The summed E-state index contributed by atoms with van der Waals surface area (Å²) in [5, 5.41) is 3.79. The first-order valence-corrected chi connectivity index (χ1v) is 5.17. The summed E-state index contributed by atoms with van der Waals surface area (Å²) in [5.74, 6) is 0.705. The molecule has 98 valence electrons. The summed E-state index contributed by atoms with van der Waals surface area (Å²) in [7, 11) is 1.87. The van der Waals surface area contributed by atoms with E-state index in [9.17, 15) is 4.39 Å². The molecular weight excluding hydrogens is 259 g/mol. The van der Waals surface area contributed by atoms with Gasteiger partial charge in [-0.25, -0.2) is 4.39 Å². The summed E-state index contributed by atoms with van der Waals surface area (Å²) in [5.41, 5.74) is 6.25. The minimum absolute atomic E-state index is 0. The van der Waals surface area contributed by atoms with E-state index in [1.54, 1.807) is 12.1 Å². The first-order valence-electron chi connectivity index (χ1n) is 5.17. The van der Waals surface area contributed by atoms with Crippen LogP contribution in [0.25, 0.3) is 0 Å². The van der Waals surface area contributed by atoms with Gasteiger partial charge in [-0.2, -0.15) is 4.98 Å². The van der Waals surface area contributed by atoms with Gasteiger partial charge < -0.3 is 15.2 Å². The zero-order valence-electron chi connectivity index (χ0n) is 9.84. The molecule has 0 bridgehead atoms. The van der Waals surface area contributed by atoms with E-state index < -0.39 is 0 Å². The summed E-state index contributed by atoms with van der Waals surface area (Å²) in [6.45, 7) is 0.711. The van der Waals surface area contributed by atoms with Gasteiger partial charge in [0.1, 0.15) is 5.82 Å². The van der Waals surface area contributed by atoms with Gasteiger partial charge in [0.15, 0.2) is 5.82 Å². The minimum atomic E-state index is -0.257. The molecule has 1 aromatic heterocycles. The fourth-order valence-corrected chi connectivity index (χ4v) is 1.44. The number of anilines is 1. The molecule has 0 spiro atoms. The van der Waals surface area contributed by atoms with E-state index in [1.807, 2.05) is 11.9 Å². The van der Waals surface area contributed by atoms with Gasteiger partial charge in [0.2, 0.25) is 5.89 Å². The standard InChI is InChI=1S/C11H13FN4O.ClH/c1-16(9-4-2-8(12)3-5-9)7-10-14-11(6-13)17-15-10;/h2-5H,6-7,13H2,1H3;1H. The van der Waals surface area contributed by atoms with Crippen LogP contribution in [0.2, 0.25) is 0 Å². The summed E-state index contributed by atoms with van der Waals surface area (Å²) < 4.78 is 17.7. The van der Waals surface area contributed by atoms with Crippen molar-refractivity contribution in [1.29, 1.82) is 0 Å². The Hall–Kier alpha value is -1.66. The van der Waals surface area contributed by atoms with Crippen LogP contribution in [0.15, 0.2) is 28.8 Å². The number of nitrogens with two attached hydrogens (primary N) is 1. The third-order valence-corrected chi connectivity index (χ3v) is 2.33. The second-order valence-corrected chi connectivity index (χ2v) is 3.64. The average molecular weight is 273 g/mol. The first-order chi connectivity index (χ1) is 8.19. The van der Waals surface area contributed by atoms with Gasteiger partial charge in [-0.15, -0.1) is 12.4 Å². The fraction of sp³-hybridized carbons (Fsp3) is 0.273. The third-order valence-electron chi connectivity index (χ3n) is 2.33. The maximum Gasteiger partial charge on any atom is 0.240 e. The minimum Gasteiger partial charge on any atom is -0.367 e. The highest BCUT2D eigenvalue weighted by molar-refractivity contribution is 5.85. The number of hydrogen-bond donors (Lipinski definition) is 1. The molecular formula is C11H14ClFN4O. The Morgan fingerprint density at radius 1 is 1.33 bits per heavy atom. The predicted octanol–water partition coefficient (Wildman–Crippen LogP) is 1.73. The van der Waals surface area contributed by atoms with Crippen LogP contribution in [0.1, 0.15) is 11.7 Å². The van der Waals surface area contributed by atoms with Gasteiger partial charge in [0.05, 0.1) is 13.1 Å². The van der Waals surface area contributed by atoms with Gasteiger partial charge in [-0.3, -0.25) is 0 Å². The SMILES string of the molecule is CN(Cc1noc(CN)n1)c1ccc(F)cc1.Cl. The molecule has 0 atom stereocenters. The monoisotopic (exact) mass is 272 g/mol. The van der Waals surface area contributed by atoms with Crippen LogP contribution in [0.4, 0.5) is 10.1 Å². The molecule has 0 aliphatic carbocycles. The lowest BCUT2D eigenvalue weighted by Gasteiger charge is -2.16. The maximum absolute atomic E-state index is 12.8. The zero-order chi connectivity index (χ0) is 12.3. The second kappa shape index (κ2) is 6.32. The molecule has 2 rings (SSSR count). The lowest BCUT2D eigenvalue weighted by Crippen LogP contribution is -2.17. The van der Waals surface area contributed by atoms with Gasteiger partial charge in [0.25, 0.3) is 0 Å². The van der Waals surface area contributed by atoms with Gasteiger partial charge in [-0.1, -0.05) is 5.16 Å². The number of nitrogens with zero attached hydrogens (tertiary/aromatic N) is 3. The van der Waals surface area contributed by atoms with E-state index >= 15 is 0 Å². The molecule has 1 aromatic carbocycles. The molecule has 0 aliphatic heterocycles. The first kappa shape index (κ1) is 14.4. The molecule has 2 N–H and O–H groups in total. The van der Waals surface area contributed by atoms with Crippen LogP contribution in [0, 0.1) is 5.82 Å². The molecule has 0 fully saturated rings. The van der Waals surface area contributed by atoms with Crippen molar-refractivity contribution >= 4 is 18.1 Å². The molecule has 7 heteroatoms. The van der Waals surface area contributed by atoms with Crippen LogP contribution in [0.3, 0.4) is 0 Å². The number of rotatable bonds is 4. The van der Waals surface area contributed by atoms with E-state index in [0.717, 1.165) is 5.69 Å². The van der Waals surface area contributed by atoms with Crippen LogP contribution in [0.5, 0.6) is 0 Å². The number of hydrogen-bond acceptors (Lipinski definition) is 5. The number of benzene rings is 1. The van der Waals surface area contributed by atoms with Crippen molar-refractivity contribution in [3.63, 3.8) is 0 Å². The molecule has 1 heterocycles. The Morgan fingerprint density at radius 2 is 2.00 bits per heavy atom. The molecule has 18 heavy (non-hydrogen) atoms. The number of aromatic nitrogens is 2. The van der Waals surface area contributed by atoms with Crippen LogP contribution in [-0.4, -0.2) is 17.2 Å². The largest absolute Gasteiger partial charge is 0.367 e. The van der Waals surface area contributed by atoms with Crippen molar-refractivity contribution in [2.24, 2.45) is 5.73 Å². The second-order valence-electron chi connectivity index (χ2n) is 3.64. The zero-order valence-corrected chi connectivity index (χ0v) is 10.7. The molecule has 0 radical (unpaired) electrons. The van der Waals surface area contributed by atoms with Crippen LogP contribution in [-0.2, 0) is 13.1 Å². The van der Waals surface area contributed by atoms with Crippen molar-refractivity contribution in [3.05, 3.63) is 41.8 Å². The highest BCUT2D eigenvalue weighted by atomic mass is 35.5. The fourth-order valence-electron chi connectivity index (χ4n) is 1.44. The van der Waals surface area contributed by atoms with Crippen LogP contribution < -0.4 is 10.6 Å². The molecule has 0 aliphatic rings. The van der Waals surface area contributed by atoms with E-state index in [0.29, 0.717) is 18.3 Å². The summed E-state index contributed by atoms with van der Waals surface area (Å²) >= 11 is 0. The smallest absolute Gasteiger partial charge is 0.240 e. The molecule has 2 aromatic rings. The summed E-state index contributed by atoms with van der Waals surface area (Å²) in [4.78, 5) is 5.99. The Balaban J connectivity index is 0.00000162. The lowest BCUT2D eigenvalue weighted by atomic mass is 10.3. The van der Waals surface area contributed by atoms with Crippen LogP contribution >= 0.6 is 12.4 Å². The molecule has 0 unspecified atom stereocenters. The van der Waals surface area contributed by atoms with Crippen molar-refractivity contribution < 1.29 is 8.91 Å². The topological polar surface area (TPSA) is 68.2 Å². The third kappa shape index (κ3) is 3.41. The highest BCUT2D eigenvalue weighted by Gasteiger charge is 2.08. The normalized spacial score (nSPS) is 9.94. The molecule has 0 amide bonds. The lowest BCUT2D eigenvalue weighted by molar-refractivity contribution is 0.374. The number of halogens is 2. The van der Waals surface area contributed by atoms with E-state index in [-0.39, 0.29) is 24.8 Å². The quantitative estimate of drug-likeness (QED) is 0.918. The van der Waals surface area contributed by atoms with Gasteiger partial charge >= 0.3 is 0 Å². The van der Waals surface area contributed by atoms with E-state index in [2.05, 4.69) is 10.1 Å². The molecule has 5 nitrogen and oxygen atoms in total. The predicted molar refractivity (Wildman–Crippen MR) is 67.9 cm³/mol. The highest BCUT2D eigenvalue weighted by Crippen LogP contribution is 2.14. The molecule has 0 saturated carbocycles. The average Bonchev–Trinajstić information content (AvgIpc) is 2.77. The van der Waals surface area contributed by atoms with Crippen molar-refractivity contribution in [2.75, 3.05) is 11.9 Å². The Morgan fingerprint density at radius 3 is 2.56 bits per heavy atom. The molecule has 0 saturated heterocycles. The summed E-state index contributed by atoms with van der Waals surface area (Å²) in [6.07, 6.45) is 0. The van der Waals surface area contributed by atoms with E-state index in [4.69, 9.17) is 10.3 Å². The van der Waals surface area contributed by atoms with Crippen molar-refractivity contribution in [3.8, 4) is 0 Å². The van der Waals surface area contributed by atoms with E-state index in [1.165, 1.54) is 12.1 Å². The van der Waals surface area contributed by atoms with Gasteiger partial charge in [-0.05, 0) is 24.3 Å². The van der Waals surface area contributed by atoms with Crippen molar-refractivity contribution in [1.82, 2.24) is 10.1 Å². The van der Waals surface area contributed by atoms with Gasteiger partial charge in [0, 0.05) is 12.7 Å². The Bertz CT molecular complexity index is 488.